The number of aromatic nitrogens is 1. The molecule has 0 saturated heterocycles. The molecule has 0 aliphatic carbocycles. The zero-order valence-electron chi connectivity index (χ0n) is 9.32. The van der Waals surface area contributed by atoms with Crippen LogP contribution in [-0.4, -0.2) is 24.1 Å². The first kappa shape index (κ1) is 14.7. The van der Waals surface area contributed by atoms with Gasteiger partial charge >= 0.3 is 0 Å². The van der Waals surface area contributed by atoms with Crippen LogP contribution in [0.15, 0.2) is 23.1 Å². The highest BCUT2D eigenvalue weighted by Crippen LogP contribution is 2.02. The summed E-state index contributed by atoms with van der Waals surface area (Å²) in [7, 11) is 3.44. The molecule has 1 amide bonds. The normalized spacial score (nSPS) is 9.38. The molecule has 0 aromatic carbocycles. The first-order chi connectivity index (χ1) is 7.13. The molecule has 2 N–H and O–H groups in total. The number of rotatable bonds is 4. The molecule has 16 heavy (non-hydrogen) atoms. The van der Waals surface area contributed by atoms with Gasteiger partial charge < -0.3 is 15.2 Å². The van der Waals surface area contributed by atoms with E-state index in [9.17, 15) is 9.59 Å². The largest absolute Gasteiger partial charge is 0.325 e. The van der Waals surface area contributed by atoms with Crippen LogP contribution in [0, 0.1) is 0 Å². The Bertz CT molecular complexity index is 403. The molecule has 1 heterocycles. The van der Waals surface area contributed by atoms with Crippen LogP contribution < -0.4 is 16.2 Å². The van der Waals surface area contributed by atoms with E-state index in [1.54, 1.807) is 26.4 Å². The van der Waals surface area contributed by atoms with Crippen molar-refractivity contribution in [3.63, 3.8) is 0 Å². The van der Waals surface area contributed by atoms with Crippen LogP contribution in [0.25, 0.3) is 0 Å². The van der Waals surface area contributed by atoms with Crippen LogP contribution in [0.1, 0.15) is 6.42 Å². The highest BCUT2D eigenvalue weighted by Gasteiger charge is 2.01. The number of nitrogens with zero attached hydrogens (tertiary/aromatic N) is 1. The second-order valence-electron chi connectivity index (χ2n) is 3.27. The van der Waals surface area contributed by atoms with Gasteiger partial charge in [0.2, 0.25) is 11.5 Å². The van der Waals surface area contributed by atoms with E-state index < -0.39 is 0 Å². The molecule has 1 aromatic rings. The summed E-state index contributed by atoms with van der Waals surface area (Å²) in [4.78, 5) is 22.4. The van der Waals surface area contributed by atoms with Crippen molar-refractivity contribution in [2.24, 2.45) is 7.05 Å². The fourth-order valence-electron chi connectivity index (χ4n) is 1.13. The Labute approximate surface area is 100 Å². The molecule has 90 valence electrons. The SMILES string of the molecule is CNCCC(=O)Nc1ccc(=O)n(C)c1.Cl. The molecule has 0 unspecified atom stereocenters. The van der Waals surface area contributed by atoms with Gasteiger partial charge in [0.25, 0.3) is 0 Å². The first-order valence-electron chi connectivity index (χ1n) is 4.74. The zero-order valence-corrected chi connectivity index (χ0v) is 10.1. The molecule has 6 heteroatoms. The maximum Gasteiger partial charge on any atom is 0.250 e. The van der Waals surface area contributed by atoms with Crippen molar-refractivity contribution in [1.82, 2.24) is 9.88 Å². The molecule has 0 saturated carbocycles. The summed E-state index contributed by atoms with van der Waals surface area (Å²) < 4.78 is 1.42. The van der Waals surface area contributed by atoms with Crippen LogP contribution >= 0.6 is 12.4 Å². The van der Waals surface area contributed by atoms with Crippen molar-refractivity contribution < 1.29 is 4.79 Å². The lowest BCUT2D eigenvalue weighted by molar-refractivity contribution is -0.116. The molecule has 5 nitrogen and oxygen atoms in total. The number of pyridine rings is 1. The summed E-state index contributed by atoms with van der Waals surface area (Å²) in [5, 5.41) is 5.59. The third-order valence-electron chi connectivity index (χ3n) is 1.97. The molecular formula is C10H16ClN3O2. The predicted octanol–water partition coefficient (Wildman–Crippen LogP) is 0.355. The Balaban J connectivity index is 0.00000225. The maximum atomic E-state index is 11.3. The van der Waals surface area contributed by atoms with Gasteiger partial charge in [-0.05, 0) is 13.1 Å². The summed E-state index contributed by atoms with van der Waals surface area (Å²) in [6.07, 6.45) is 2.01. The van der Waals surface area contributed by atoms with Crippen LogP contribution in [0.2, 0.25) is 0 Å². The van der Waals surface area contributed by atoms with E-state index in [4.69, 9.17) is 0 Å². The average molecular weight is 246 g/mol. The third kappa shape index (κ3) is 4.46. The summed E-state index contributed by atoms with van der Waals surface area (Å²) in [5.41, 5.74) is 0.543. The molecule has 0 atom stereocenters. The van der Waals surface area contributed by atoms with E-state index in [1.807, 2.05) is 0 Å². The monoisotopic (exact) mass is 245 g/mol. The maximum absolute atomic E-state index is 11.3. The lowest BCUT2D eigenvalue weighted by Crippen LogP contribution is -2.20. The molecule has 0 bridgehead atoms. The van der Waals surface area contributed by atoms with Crippen molar-refractivity contribution in [2.75, 3.05) is 18.9 Å². The van der Waals surface area contributed by atoms with E-state index in [0.717, 1.165) is 0 Å². The van der Waals surface area contributed by atoms with Gasteiger partial charge in [0.1, 0.15) is 0 Å². The Hall–Kier alpha value is -1.33. The number of carbonyl (C=O) groups excluding carboxylic acids is 1. The van der Waals surface area contributed by atoms with Crippen molar-refractivity contribution in [1.29, 1.82) is 0 Å². The van der Waals surface area contributed by atoms with E-state index in [1.165, 1.54) is 10.6 Å². The Morgan fingerprint density at radius 1 is 1.44 bits per heavy atom. The number of aryl methyl sites for hydroxylation is 1. The number of hydrogen-bond acceptors (Lipinski definition) is 3. The van der Waals surface area contributed by atoms with Gasteiger partial charge in [-0.25, -0.2) is 0 Å². The molecule has 1 rings (SSSR count). The summed E-state index contributed by atoms with van der Waals surface area (Å²) in [6.45, 7) is 0.637. The number of nitrogens with one attached hydrogen (secondary N) is 2. The van der Waals surface area contributed by atoms with Gasteiger partial charge in [-0.15, -0.1) is 12.4 Å². The molecule has 0 aliphatic heterocycles. The van der Waals surface area contributed by atoms with Crippen molar-refractivity contribution in [3.05, 3.63) is 28.7 Å². The quantitative estimate of drug-likeness (QED) is 0.805. The second-order valence-corrected chi connectivity index (χ2v) is 3.27. The molecule has 0 spiro atoms. The highest BCUT2D eigenvalue weighted by molar-refractivity contribution is 5.90. The van der Waals surface area contributed by atoms with Crippen LogP contribution in [0.4, 0.5) is 5.69 Å². The smallest absolute Gasteiger partial charge is 0.250 e. The number of amides is 1. The van der Waals surface area contributed by atoms with Crippen LogP contribution in [0.5, 0.6) is 0 Å². The molecule has 0 aliphatic rings. The summed E-state index contributed by atoms with van der Waals surface area (Å²) in [6, 6.07) is 3.02. The molecule has 1 aromatic heterocycles. The summed E-state index contributed by atoms with van der Waals surface area (Å²) in [5.74, 6) is -0.0667. The third-order valence-corrected chi connectivity index (χ3v) is 1.97. The van der Waals surface area contributed by atoms with Gasteiger partial charge in [-0.1, -0.05) is 0 Å². The predicted molar refractivity (Wildman–Crippen MR) is 66.1 cm³/mol. The minimum Gasteiger partial charge on any atom is -0.325 e. The topological polar surface area (TPSA) is 63.1 Å². The highest BCUT2D eigenvalue weighted by atomic mass is 35.5. The average Bonchev–Trinajstić information content (AvgIpc) is 2.20. The zero-order chi connectivity index (χ0) is 11.3. The minimum absolute atomic E-state index is 0. The number of anilines is 1. The van der Waals surface area contributed by atoms with Crippen LogP contribution in [-0.2, 0) is 11.8 Å². The second kappa shape index (κ2) is 7.03. The number of halogens is 1. The van der Waals surface area contributed by atoms with Gasteiger partial charge in [-0.2, -0.15) is 0 Å². The minimum atomic E-state index is -0.0942. The molecular weight excluding hydrogens is 230 g/mol. The Morgan fingerprint density at radius 3 is 2.69 bits per heavy atom. The first-order valence-corrected chi connectivity index (χ1v) is 4.74. The van der Waals surface area contributed by atoms with E-state index in [-0.39, 0.29) is 23.9 Å². The molecule has 0 radical (unpaired) electrons. The summed E-state index contributed by atoms with van der Waals surface area (Å²) >= 11 is 0. The molecule has 0 fully saturated rings. The number of hydrogen-bond donors (Lipinski definition) is 2. The fraction of sp³-hybridized carbons (Fsp3) is 0.400. The van der Waals surface area contributed by atoms with Crippen molar-refractivity contribution in [2.45, 2.75) is 6.42 Å². The van der Waals surface area contributed by atoms with Crippen molar-refractivity contribution in [3.8, 4) is 0 Å². The standard InChI is InChI=1S/C10H15N3O2.ClH/c1-11-6-5-9(14)12-8-3-4-10(15)13(2)7-8;/h3-4,7,11H,5-6H2,1-2H3,(H,12,14);1H. The Kier molecular flexibility index (Phi) is 6.44. The fourth-order valence-corrected chi connectivity index (χ4v) is 1.13. The van der Waals surface area contributed by atoms with E-state index in [2.05, 4.69) is 10.6 Å². The lowest BCUT2D eigenvalue weighted by atomic mass is 10.3. The van der Waals surface area contributed by atoms with Crippen LogP contribution in [0.3, 0.4) is 0 Å². The lowest BCUT2D eigenvalue weighted by Gasteiger charge is -2.05. The van der Waals surface area contributed by atoms with E-state index >= 15 is 0 Å². The van der Waals surface area contributed by atoms with Gasteiger partial charge in [0.15, 0.2) is 0 Å². The van der Waals surface area contributed by atoms with Crippen molar-refractivity contribution >= 4 is 24.0 Å². The van der Waals surface area contributed by atoms with Gasteiger partial charge in [0, 0.05) is 32.3 Å². The number of carbonyl (C=O) groups is 1. The van der Waals surface area contributed by atoms with E-state index in [0.29, 0.717) is 18.7 Å². The van der Waals surface area contributed by atoms with Gasteiger partial charge in [-0.3, -0.25) is 9.59 Å². The Morgan fingerprint density at radius 2 is 2.12 bits per heavy atom. The van der Waals surface area contributed by atoms with Gasteiger partial charge in [0.05, 0.1) is 5.69 Å².